The Bertz CT molecular complexity index is 838. The van der Waals surface area contributed by atoms with E-state index in [0.717, 1.165) is 6.07 Å². The lowest BCUT2D eigenvalue weighted by Gasteiger charge is -2.24. The molecule has 3 rings (SSSR count). The fourth-order valence-corrected chi connectivity index (χ4v) is 3.44. The number of aromatic nitrogens is 2. The first-order chi connectivity index (χ1) is 11.8. The summed E-state index contributed by atoms with van der Waals surface area (Å²) in [6, 6.07) is 3.92. The first kappa shape index (κ1) is 17.4. The third-order valence-corrected chi connectivity index (χ3v) is 4.79. The molecule has 0 saturated carbocycles. The Balaban J connectivity index is 2.07. The Kier molecular flexibility index (Phi) is 4.49. The number of imidazole rings is 1. The van der Waals surface area contributed by atoms with Crippen LogP contribution < -0.4 is 5.73 Å². The highest BCUT2D eigenvalue weighted by Gasteiger charge is 2.32. The molecule has 25 heavy (non-hydrogen) atoms. The lowest BCUT2D eigenvalue weighted by molar-refractivity contribution is 0.440. The highest BCUT2D eigenvalue weighted by Crippen LogP contribution is 2.36. The van der Waals surface area contributed by atoms with Crippen molar-refractivity contribution in [3.05, 3.63) is 63.6 Å². The highest BCUT2D eigenvalue weighted by atomic mass is 19.2. The number of hydrogen-bond donors (Lipinski definition) is 1. The van der Waals surface area contributed by atoms with Crippen molar-refractivity contribution in [3.63, 3.8) is 0 Å². The number of azide groups is 1. The third-order valence-electron chi connectivity index (χ3n) is 4.79. The minimum absolute atomic E-state index is 0.238. The second-order valence-corrected chi connectivity index (χ2v) is 6.88. The molecular weight excluding hydrogens is 326 g/mol. The van der Waals surface area contributed by atoms with Crippen LogP contribution in [0.3, 0.4) is 0 Å². The Hall–Kier alpha value is -2.44. The van der Waals surface area contributed by atoms with Crippen LogP contribution in [0.1, 0.15) is 55.7 Å². The van der Waals surface area contributed by atoms with Crippen LogP contribution in [0.5, 0.6) is 0 Å². The van der Waals surface area contributed by atoms with Gasteiger partial charge < -0.3 is 10.3 Å². The summed E-state index contributed by atoms with van der Waals surface area (Å²) in [5, 5.41) is 3.84. The van der Waals surface area contributed by atoms with Crippen LogP contribution in [-0.4, -0.2) is 9.55 Å². The van der Waals surface area contributed by atoms with Crippen LogP contribution >= 0.6 is 0 Å². The number of hydrogen-bond acceptors (Lipinski definition) is 3. The monoisotopic (exact) mass is 346 g/mol. The van der Waals surface area contributed by atoms with Gasteiger partial charge >= 0.3 is 0 Å². The van der Waals surface area contributed by atoms with E-state index in [0.29, 0.717) is 36.5 Å². The van der Waals surface area contributed by atoms with Crippen molar-refractivity contribution in [2.75, 3.05) is 0 Å². The molecule has 132 valence electrons. The molecule has 0 aliphatic carbocycles. The molecule has 1 aliphatic heterocycles. The van der Waals surface area contributed by atoms with E-state index >= 15 is 0 Å². The van der Waals surface area contributed by atoms with Crippen molar-refractivity contribution in [1.82, 2.24) is 9.55 Å². The van der Waals surface area contributed by atoms with E-state index in [4.69, 9.17) is 11.3 Å². The van der Waals surface area contributed by atoms with Gasteiger partial charge in [-0.15, -0.1) is 0 Å². The zero-order valence-electron chi connectivity index (χ0n) is 14.2. The molecule has 2 aromatic rings. The molecule has 1 aromatic carbocycles. The zero-order valence-corrected chi connectivity index (χ0v) is 14.2. The molecule has 0 amide bonds. The van der Waals surface area contributed by atoms with E-state index in [1.165, 1.54) is 6.07 Å². The summed E-state index contributed by atoms with van der Waals surface area (Å²) in [6.07, 6.45) is 2.87. The maximum Gasteiger partial charge on any atom is 0.162 e. The molecule has 1 aliphatic rings. The predicted octanol–water partition coefficient (Wildman–Crippen LogP) is 4.28. The van der Waals surface area contributed by atoms with E-state index in [9.17, 15) is 8.78 Å². The molecule has 0 fully saturated rings. The normalized spacial score (nSPS) is 20.5. The fourth-order valence-electron chi connectivity index (χ4n) is 3.44. The summed E-state index contributed by atoms with van der Waals surface area (Å²) in [6.45, 7) is 3.97. The second-order valence-electron chi connectivity index (χ2n) is 6.88. The Morgan fingerprint density at radius 2 is 2.12 bits per heavy atom. The number of nitrogens with zero attached hydrogens (tertiary/aromatic N) is 5. The lowest BCUT2D eigenvalue weighted by Crippen LogP contribution is -2.22. The van der Waals surface area contributed by atoms with E-state index in [1.807, 2.05) is 4.57 Å². The predicted molar refractivity (Wildman–Crippen MR) is 89.7 cm³/mol. The molecule has 2 atom stereocenters. The van der Waals surface area contributed by atoms with Crippen LogP contribution in [0.15, 0.2) is 29.5 Å². The van der Waals surface area contributed by atoms with Crippen molar-refractivity contribution in [3.8, 4) is 0 Å². The SMILES string of the molecule is CC(C)(N=[N+]=[N-])c1cnc2n1C[C@H](c1cccc(F)c1F)CC[C@H]2N. The molecule has 1 aromatic heterocycles. The summed E-state index contributed by atoms with van der Waals surface area (Å²) in [7, 11) is 0. The Morgan fingerprint density at radius 3 is 2.84 bits per heavy atom. The summed E-state index contributed by atoms with van der Waals surface area (Å²) < 4.78 is 29.8. The fraction of sp³-hybridized carbons (Fsp3) is 0.471. The van der Waals surface area contributed by atoms with Crippen LogP contribution in [0.4, 0.5) is 8.78 Å². The van der Waals surface area contributed by atoms with Crippen LogP contribution in [0.2, 0.25) is 0 Å². The van der Waals surface area contributed by atoms with Gasteiger partial charge in [0.1, 0.15) is 5.82 Å². The van der Waals surface area contributed by atoms with Gasteiger partial charge in [-0.05, 0) is 43.9 Å². The molecule has 0 bridgehead atoms. The van der Waals surface area contributed by atoms with Gasteiger partial charge in [-0.2, -0.15) is 0 Å². The van der Waals surface area contributed by atoms with E-state index in [2.05, 4.69) is 15.0 Å². The maximum atomic E-state index is 14.3. The summed E-state index contributed by atoms with van der Waals surface area (Å²) >= 11 is 0. The standard InChI is InChI=1S/C17H20F2N6/c1-17(2,23-24-21)14-8-22-16-13(20)7-6-10(9-25(14)16)11-4-3-5-12(18)15(11)19/h3-5,8,10,13H,6-7,9,20H2,1-2H3/t10-,13-/m1/s1. The largest absolute Gasteiger partial charge is 0.329 e. The molecular formula is C17H20F2N6. The van der Waals surface area contributed by atoms with Crippen molar-refractivity contribution in [2.24, 2.45) is 10.8 Å². The summed E-state index contributed by atoms with van der Waals surface area (Å²) in [4.78, 5) is 7.30. The minimum Gasteiger partial charge on any atom is -0.329 e. The van der Waals surface area contributed by atoms with Crippen LogP contribution in [0, 0.1) is 11.6 Å². The van der Waals surface area contributed by atoms with Crippen molar-refractivity contribution in [1.29, 1.82) is 0 Å². The number of rotatable bonds is 3. The van der Waals surface area contributed by atoms with E-state index in [1.54, 1.807) is 26.1 Å². The third kappa shape index (κ3) is 3.10. The van der Waals surface area contributed by atoms with Gasteiger partial charge in [-0.1, -0.05) is 17.2 Å². The average Bonchev–Trinajstić information content (AvgIpc) is 2.92. The molecule has 8 heteroatoms. The summed E-state index contributed by atoms with van der Waals surface area (Å²) in [5.74, 6) is -1.24. The molecule has 0 spiro atoms. The van der Waals surface area contributed by atoms with Crippen LogP contribution in [0.25, 0.3) is 10.4 Å². The smallest absolute Gasteiger partial charge is 0.162 e. The molecule has 2 heterocycles. The quantitative estimate of drug-likeness (QED) is 0.510. The van der Waals surface area contributed by atoms with Gasteiger partial charge in [0.05, 0.1) is 11.6 Å². The van der Waals surface area contributed by atoms with Gasteiger partial charge in [-0.25, -0.2) is 13.8 Å². The van der Waals surface area contributed by atoms with Gasteiger partial charge in [0.15, 0.2) is 11.6 Å². The van der Waals surface area contributed by atoms with Gasteiger partial charge in [-0.3, -0.25) is 0 Å². The molecule has 0 radical (unpaired) electrons. The number of benzene rings is 1. The van der Waals surface area contributed by atoms with E-state index < -0.39 is 17.2 Å². The van der Waals surface area contributed by atoms with Gasteiger partial charge in [0, 0.05) is 29.3 Å². The molecule has 0 unspecified atom stereocenters. The Morgan fingerprint density at radius 1 is 1.36 bits per heavy atom. The van der Waals surface area contributed by atoms with Crippen molar-refractivity contribution >= 4 is 0 Å². The highest BCUT2D eigenvalue weighted by molar-refractivity contribution is 5.26. The zero-order chi connectivity index (χ0) is 18.2. The molecule has 2 N–H and O–H groups in total. The van der Waals surface area contributed by atoms with Crippen LogP contribution in [-0.2, 0) is 12.1 Å². The molecule has 0 saturated heterocycles. The first-order valence-corrected chi connectivity index (χ1v) is 8.16. The average molecular weight is 346 g/mol. The second kappa shape index (κ2) is 6.46. The number of nitrogens with two attached hydrogens (primary N) is 1. The van der Waals surface area contributed by atoms with Gasteiger partial charge in [0.25, 0.3) is 0 Å². The minimum atomic E-state index is -0.855. The lowest BCUT2D eigenvalue weighted by atomic mass is 9.92. The number of halogens is 2. The van der Waals surface area contributed by atoms with Crippen molar-refractivity contribution in [2.45, 2.75) is 50.7 Å². The number of fused-ring (bicyclic) bond motifs is 1. The molecule has 6 nitrogen and oxygen atoms in total. The first-order valence-electron chi connectivity index (χ1n) is 8.16. The van der Waals surface area contributed by atoms with Crippen molar-refractivity contribution < 1.29 is 8.78 Å². The van der Waals surface area contributed by atoms with Gasteiger partial charge in [0.2, 0.25) is 0 Å². The topological polar surface area (TPSA) is 92.6 Å². The van der Waals surface area contributed by atoms with E-state index in [-0.39, 0.29) is 12.0 Å². The summed E-state index contributed by atoms with van der Waals surface area (Å²) in [5.41, 5.74) is 15.3. The Labute approximate surface area is 144 Å². The maximum absolute atomic E-state index is 14.3.